The Morgan fingerprint density at radius 2 is 2.26 bits per heavy atom. The van der Waals surface area contributed by atoms with Gasteiger partial charge in [-0.2, -0.15) is 4.98 Å². The van der Waals surface area contributed by atoms with Gasteiger partial charge in [0.05, 0.1) is 13.5 Å². The van der Waals surface area contributed by atoms with Crippen molar-refractivity contribution in [3.8, 4) is 5.88 Å². The van der Waals surface area contributed by atoms with Gasteiger partial charge in [-0.15, -0.1) is 0 Å². The Morgan fingerprint density at radius 1 is 1.42 bits per heavy atom. The fraction of sp³-hybridized carbons (Fsp3) is 0.167. The molecule has 7 heteroatoms. The van der Waals surface area contributed by atoms with Crippen molar-refractivity contribution in [2.45, 2.75) is 6.42 Å². The van der Waals surface area contributed by atoms with Crippen LogP contribution in [0, 0.1) is 0 Å². The van der Waals surface area contributed by atoms with E-state index < -0.39 is 0 Å². The molecule has 19 heavy (non-hydrogen) atoms. The van der Waals surface area contributed by atoms with E-state index in [9.17, 15) is 4.79 Å². The highest BCUT2D eigenvalue weighted by molar-refractivity contribution is 6.29. The minimum absolute atomic E-state index is 0.102. The molecule has 2 aromatic heterocycles. The Balaban J connectivity index is 2.05. The van der Waals surface area contributed by atoms with Gasteiger partial charge >= 0.3 is 0 Å². The molecule has 0 unspecified atom stereocenters. The number of methoxy groups -OCH3 is 1. The van der Waals surface area contributed by atoms with Crippen molar-refractivity contribution >= 4 is 23.5 Å². The van der Waals surface area contributed by atoms with E-state index in [1.807, 2.05) is 6.07 Å². The Labute approximate surface area is 114 Å². The molecule has 0 saturated carbocycles. The van der Waals surface area contributed by atoms with Crippen LogP contribution in [0.3, 0.4) is 0 Å². The number of carbonyl (C=O) groups is 1. The van der Waals surface area contributed by atoms with Gasteiger partial charge in [-0.1, -0.05) is 17.7 Å². The predicted octanol–water partition coefficient (Wildman–Crippen LogP) is 1.71. The molecule has 6 nitrogen and oxygen atoms in total. The molecule has 0 aliphatic rings. The van der Waals surface area contributed by atoms with Crippen LogP contribution in [-0.4, -0.2) is 28.0 Å². The highest BCUT2D eigenvalue weighted by Crippen LogP contribution is 2.15. The number of nitrogens with zero attached hydrogens (tertiary/aromatic N) is 3. The minimum atomic E-state index is -0.275. The first-order valence-electron chi connectivity index (χ1n) is 5.45. The average Bonchev–Trinajstić information content (AvgIpc) is 2.38. The first-order chi connectivity index (χ1) is 9.17. The van der Waals surface area contributed by atoms with Gasteiger partial charge in [0.15, 0.2) is 0 Å². The Bertz CT molecular complexity index is 577. The summed E-state index contributed by atoms with van der Waals surface area (Å²) in [6.07, 6.45) is 1.76. The van der Waals surface area contributed by atoms with E-state index in [1.54, 1.807) is 18.3 Å². The monoisotopic (exact) mass is 278 g/mol. The number of aromatic nitrogens is 3. The summed E-state index contributed by atoms with van der Waals surface area (Å²) < 4.78 is 4.94. The number of anilines is 1. The number of carbonyl (C=O) groups excluding carboxylic acids is 1. The molecule has 0 aliphatic heterocycles. The van der Waals surface area contributed by atoms with Crippen LogP contribution < -0.4 is 10.1 Å². The second kappa shape index (κ2) is 6.10. The molecule has 0 bridgehead atoms. The number of pyridine rings is 1. The van der Waals surface area contributed by atoms with Crippen LogP contribution in [-0.2, 0) is 11.2 Å². The summed E-state index contributed by atoms with van der Waals surface area (Å²) >= 11 is 5.78. The molecule has 1 N–H and O–H groups in total. The predicted molar refractivity (Wildman–Crippen MR) is 70.2 cm³/mol. The quantitative estimate of drug-likeness (QED) is 0.862. The number of nitrogens with one attached hydrogen (secondary N) is 1. The standard InChI is InChI=1S/C12H11ClN4O2/c1-19-11-7-9(13)15-12(17-11)16-10(18)6-8-4-2-3-5-14-8/h2-5,7H,6H2,1H3,(H,15,16,17,18). The zero-order valence-electron chi connectivity index (χ0n) is 10.1. The molecule has 0 radical (unpaired) electrons. The second-order valence-electron chi connectivity index (χ2n) is 3.60. The van der Waals surface area contributed by atoms with Crippen molar-refractivity contribution in [3.63, 3.8) is 0 Å². The third kappa shape index (κ3) is 3.89. The van der Waals surface area contributed by atoms with Crippen molar-refractivity contribution in [1.29, 1.82) is 0 Å². The Hall–Kier alpha value is -2.21. The van der Waals surface area contributed by atoms with E-state index in [4.69, 9.17) is 16.3 Å². The van der Waals surface area contributed by atoms with Crippen LogP contribution in [0.2, 0.25) is 5.15 Å². The lowest BCUT2D eigenvalue weighted by atomic mass is 10.2. The molecule has 2 rings (SSSR count). The molecule has 0 atom stereocenters. The van der Waals surface area contributed by atoms with Gasteiger partial charge in [0.2, 0.25) is 17.7 Å². The molecule has 0 aromatic carbocycles. The van der Waals surface area contributed by atoms with Crippen LogP contribution >= 0.6 is 11.6 Å². The van der Waals surface area contributed by atoms with Gasteiger partial charge in [-0.05, 0) is 12.1 Å². The lowest BCUT2D eigenvalue weighted by Gasteiger charge is -2.05. The molecule has 0 aliphatic carbocycles. The third-order valence-corrected chi connectivity index (χ3v) is 2.39. The maximum atomic E-state index is 11.8. The first kappa shape index (κ1) is 13.2. The summed E-state index contributed by atoms with van der Waals surface area (Å²) in [6, 6.07) is 6.82. The molecular formula is C12H11ClN4O2. The molecule has 98 valence electrons. The summed E-state index contributed by atoms with van der Waals surface area (Å²) in [7, 11) is 1.46. The van der Waals surface area contributed by atoms with Crippen LogP contribution in [0.15, 0.2) is 30.5 Å². The maximum Gasteiger partial charge on any atom is 0.234 e. The molecule has 2 heterocycles. The third-order valence-electron chi connectivity index (χ3n) is 2.20. The van der Waals surface area contributed by atoms with Crippen molar-refractivity contribution in [2.75, 3.05) is 12.4 Å². The maximum absolute atomic E-state index is 11.8. The van der Waals surface area contributed by atoms with Crippen molar-refractivity contribution in [3.05, 3.63) is 41.3 Å². The van der Waals surface area contributed by atoms with E-state index in [-0.39, 0.29) is 29.3 Å². The van der Waals surface area contributed by atoms with Gasteiger partial charge in [0.25, 0.3) is 0 Å². The number of halogens is 1. The zero-order chi connectivity index (χ0) is 13.7. The van der Waals surface area contributed by atoms with Crippen molar-refractivity contribution in [2.24, 2.45) is 0 Å². The number of ether oxygens (including phenoxy) is 1. The van der Waals surface area contributed by atoms with E-state index >= 15 is 0 Å². The zero-order valence-corrected chi connectivity index (χ0v) is 10.9. The van der Waals surface area contributed by atoms with E-state index in [1.165, 1.54) is 13.2 Å². The number of amides is 1. The summed E-state index contributed by atoms with van der Waals surface area (Å²) in [5.74, 6) is 0.112. The van der Waals surface area contributed by atoms with Gasteiger partial charge in [0, 0.05) is 18.0 Å². The first-order valence-corrected chi connectivity index (χ1v) is 5.83. The van der Waals surface area contributed by atoms with E-state index in [0.717, 1.165) is 0 Å². The highest BCUT2D eigenvalue weighted by atomic mass is 35.5. The summed E-state index contributed by atoms with van der Waals surface area (Å²) in [6.45, 7) is 0. The number of rotatable bonds is 4. The lowest BCUT2D eigenvalue weighted by Crippen LogP contribution is -2.17. The summed E-state index contributed by atoms with van der Waals surface area (Å²) in [4.78, 5) is 23.7. The smallest absolute Gasteiger partial charge is 0.234 e. The Kier molecular flexibility index (Phi) is 4.25. The number of hydrogen-bond donors (Lipinski definition) is 1. The fourth-order valence-electron chi connectivity index (χ4n) is 1.39. The lowest BCUT2D eigenvalue weighted by molar-refractivity contribution is -0.115. The van der Waals surface area contributed by atoms with Gasteiger partial charge in [-0.25, -0.2) is 4.98 Å². The highest BCUT2D eigenvalue weighted by Gasteiger charge is 2.09. The SMILES string of the molecule is COc1cc(Cl)nc(NC(=O)Cc2ccccn2)n1. The molecule has 0 spiro atoms. The van der Waals surface area contributed by atoms with Gasteiger partial charge in [-0.3, -0.25) is 15.1 Å². The largest absolute Gasteiger partial charge is 0.481 e. The van der Waals surface area contributed by atoms with Crippen LogP contribution in [0.5, 0.6) is 5.88 Å². The molecule has 2 aromatic rings. The molecule has 1 amide bonds. The topological polar surface area (TPSA) is 77.0 Å². The minimum Gasteiger partial charge on any atom is -0.481 e. The summed E-state index contributed by atoms with van der Waals surface area (Å²) in [5.41, 5.74) is 0.661. The summed E-state index contributed by atoms with van der Waals surface area (Å²) in [5, 5.41) is 2.73. The van der Waals surface area contributed by atoms with Crippen LogP contribution in [0.25, 0.3) is 0 Å². The second-order valence-corrected chi connectivity index (χ2v) is 3.99. The van der Waals surface area contributed by atoms with Crippen LogP contribution in [0.4, 0.5) is 5.95 Å². The van der Waals surface area contributed by atoms with Crippen molar-refractivity contribution < 1.29 is 9.53 Å². The number of hydrogen-bond acceptors (Lipinski definition) is 5. The van der Waals surface area contributed by atoms with E-state index in [0.29, 0.717) is 5.69 Å². The fourth-order valence-corrected chi connectivity index (χ4v) is 1.57. The van der Waals surface area contributed by atoms with Crippen LogP contribution in [0.1, 0.15) is 5.69 Å². The van der Waals surface area contributed by atoms with Gasteiger partial charge in [0.1, 0.15) is 5.15 Å². The average molecular weight is 279 g/mol. The van der Waals surface area contributed by atoms with Gasteiger partial charge < -0.3 is 4.74 Å². The molecule has 0 fully saturated rings. The molecule has 0 saturated heterocycles. The normalized spacial score (nSPS) is 10.0. The molecular weight excluding hydrogens is 268 g/mol. The van der Waals surface area contributed by atoms with Crippen molar-refractivity contribution in [1.82, 2.24) is 15.0 Å². The Morgan fingerprint density at radius 3 is 2.95 bits per heavy atom. The van der Waals surface area contributed by atoms with E-state index in [2.05, 4.69) is 20.3 Å².